The van der Waals surface area contributed by atoms with E-state index in [1.165, 1.54) is 0 Å². The summed E-state index contributed by atoms with van der Waals surface area (Å²) in [5.74, 6) is 0. The van der Waals surface area contributed by atoms with E-state index in [0.29, 0.717) is 0 Å². The quantitative estimate of drug-likeness (QED) is 0.536. The molecule has 0 aliphatic heterocycles. The third-order valence-corrected chi connectivity index (χ3v) is 11.5. The first kappa shape index (κ1) is 25.9. The normalized spacial score (nSPS) is 11.2. The highest BCUT2D eigenvalue weighted by atomic mass is 28.5. The Kier molecular flexibility index (Phi) is 12.5. The van der Waals surface area contributed by atoms with Gasteiger partial charge in [-0.2, -0.15) is 0 Å². The summed E-state index contributed by atoms with van der Waals surface area (Å²) in [6.07, 6.45) is 0. The van der Waals surface area contributed by atoms with Gasteiger partial charge in [-0.1, -0.05) is 75.5 Å². The lowest BCUT2D eigenvalue weighted by molar-refractivity contribution is 0.161. The number of benzene rings is 2. The highest BCUT2D eigenvalue weighted by Crippen LogP contribution is 2.14. The molecule has 0 bridgehead atoms. The van der Waals surface area contributed by atoms with Gasteiger partial charge >= 0.3 is 27.6 Å². The highest BCUT2D eigenvalue weighted by Gasteiger charge is 2.48. The second-order valence-corrected chi connectivity index (χ2v) is 12.4. The van der Waals surface area contributed by atoms with Gasteiger partial charge in [0.2, 0.25) is 0 Å². The van der Waals surface area contributed by atoms with E-state index in [2.05, 4.69) is 0 Å². The van der Waals surface area contributed by atoms with Crippen LogP contribution in [0.5, 0.6) is 0 Å². The summed E-state index contributed by atoms with van der Waals surface area (Å²) in [5.41, 5.74) is 0. The molecule has 0 N–H and O–H groups in total. The monoisotopic (exact) mass is 428 g/mol. The van der Waals surface area contributed by atoms with Crippen LogP contribution < -0.4 is 10.4 Å². The lowest BCUT2D eigenvalue weighted by atomic mass is 10.4. The largest absolute Gasteiger partial charge is 0.475 e. The number of hydrogen-bond donors (Lipinski definition) is 0. The fourth-order valence-corrected chi connectivity index (χ4v) is 11.0. The van der Waals surface area contributed by atoms with Crippen molar-refractivity contribution >= 4 is 38.0 Å². The van der Waals surface area contributed by atoms with Crippen LogP contribution in [-0.2, 0) is 25.9 Å². The standard InChI is InChI=1S/C16H24O6Si3.2CH4/c1-17-23(18-2)21-25(22-24(19-3)20-4,15-11-7-5-8-12-15)16-13-9-6-10-14-16;;/h5-14,23-24H,1-4H3;2*1H4. The van der Waals surface area contributed by atoms with Crippen LogP contribution in [0.3, 0.4) is 0 Å². The van der Waals surface area contributed by atoms with E-state index in [4.69, 9.17) is 25.9 Å². The smallest absolute Gasteiger partial charge is 0.389 e. The fourth-order valence-electron chi connectivity index (χ4n) is 2.44. The van der Waals surface area contributed by atoms with E-state index >= 15 is 0 Å². The first-order valence-electron chi connectivity index (χ1n) is 7.78. The minimum atomic E-state index is -3.13. The van der Waals surface area contributed by atoms with Crippen molar-refractivity contribution < 1.29 is 25.9 Å². The van der Waals surface area contributed by atoms with Crippen LogP contribution >= 0.6 is 0 Å². The van der Waals surface area contributed by atoms with Crippen molar-refractivity contribution in [1.82, 2.24) is 0 Å². The van der Waals surface area contributed by atoms with Crippen molar-refractivity contribution in [2.45, 2.75) is 14.9 Å². The molecule has 0 spiro atoms. The van der Waals surface area contributed by atoms with E-state index in [0.717, 1.165) is 10.4 Å². The molecule has 152 valence electrons. The Labute approximate surface area is 168 Å². The van der Waals surface area contributed by atoms with Crippen molar-refractivity contribution in [1.29, 1.82) is 0 Å². The van der Waals surface area contributed by atoms with Crippen LogP contribution in [0, 0.1) is 0 Å². The van der Waals surface area contributed by atoms with Crippen molar-refractivity contribution in [3.05, 3.63) is 60.7 Å². The predicted molar refractivity (Wildman–Crippen MR) is 116 cm³/mol. The van der Waals surface area contributed by atoms with Gasteiger partial charge in [0.05, 0.1) is 0 Å². The maximum Gasteiger partial charge on any atom is 0.475 e. The van der Waals surface area contributed by atoms with Crippen molar-refractivity contribution in [3.63, 3.8) is 0 Å². The van der Waals surface area contributed by atoms with Crippen LogP contribution in [0.4, 0.5) is 0 Å². The van der Waals surface area contributed by atoms with Crippen molar-refractivity contribution in [3.8, 4) is 0 Å². The zero-order chi connectivity index (χ0) is 18.1. The fraction of sp³-hybridized carbons (Fsp3) is 0.333. The molecule has 2 rings (SSSR count). The second-order valence-electron chi connectivity index (χ2n) is 5.10. The molecule has 0 radical (unpaired) electrons. The lowest BCUT2D eigenvalue weighted by Gasteiger charge is -2.35. The third-order valence-electron chi connectivity index (χ3n) is 3.60. The van der Waals surface area contributed by atoms with Crippen LogP contribution in [0.1, 0.15) is 14.9 Å². The molecule has 0 unspecified atom stereocenters. The molecule has 0 atom stereocenters. The van der Waals surface area contributed by atoms with Crippen LogP contribution in [0.25, 0.3) is 0 Å². The maximum absolute atomic E-state index is 6.43. The van der Waals surface area contributed by atoms with E-state index in [1.807, 2.05) is 60.7 Å². The zero-order valence-corrected chi connectivity index (χ0v) is 18.2. The summed E-state index contributed by atoms with van der Waals surface area (Å²) in [4.78, 5) is 0. The van der Waals surface area contributed by atoms with Crippen LogP contribution in [0.15, 0.2) is 60.7 Å². The molecule has 0 aliphatic carbocycles. The van der Waals surface area contributed by atoms with Crippen molar-refractivity contribution in [2.24, 2.45) is 0 Å². The number of rotatable bonds is 10. The molecule has 2 aromatic carbocycles. The molecule has 0 saturated heterocycles. The zero-order valence-electron chi connectivity index (χ0n) is 14.9. The summed E-state index contributed by atoms with van der Waals surface area (Å²) < 4.78 is 34.6. The maximum atomic E-state index is 6.43. The summed E-state index contributed by atoms with van der Waals surface area (Å²) in [7, 11) is -1.59. The third kappa shape index (κ3) is 6.45. The summed E-state index contributed by atoms with van der Waals surface area (Å²) in [5, 5.41) is 1.89. The molecule has 0 aliphatic rings. The molecule has 0 amide bonds. The Hall–Kier alpha value is -1.15. The molecule has 0 aromatic heterocycles. The molecular formula is C18H32O6Si3. The van der Waals surface area contributed by atoms with E-state index in [1.54, 1.807) is 28.4 Å². The topological polar surface area (TPSA) is 55.4 Å². The molecular weight excluding hydrogens is 396 g/mol. The van der Waals surface area contributed by atoms with E-state index in [9.17, 15) is 0 Å². The van der Waals surface area contributed by atoms with Gasteiger partial charge < -0.3 is 25.9 Å². The molecule has 2 aromatic rings. The van der Waals surface area contributed by atoms with Gasteiger partial charge in [0, 0.05) is 28.4 Å². The Balaban J connectivity index is 0.00000338. The highest BCUT2D eigenvalue weighted by molar-refractivity contribution is 6.97. The SMILES string of the molecule is C.C.CO[SiH](OC)O[Si](O[SiH](OC)OC)(c1ccccc1)c1ccccc1. The van der Waals surface area contributed by atoms with Gasteiger partial charge in [0.1, 0.15) is 0 Å². The Morgan fingerprint density at radius 3 is 1.11 bits per heavy atom. The van der Waals surface area contributed by atoms with Crippen molar-refractivity contribution in [2.75, 3.05) is 28.4 Å². The van der Waals surface area contributed by atoms with E-state index < -0.39 is 27.6 Å². The summed E-state index contributed by atoms with van der Waals surface area (Å²) in [6.45, 7) is 0. The Morgan fingerprint density at radius 1 is 0.556 bits per heavy atom. The lowest BCUT2D eigenvalue weighted by Crippen LogP contribution is -2.68. The predicted octanol–water partition coefficient (Wildman–Crippen LogP) is 1.57. The average molecular weight is 429 g/mol. The van der Waals surface area contributed by atoms with E-state index in [-0.39, 0.29) is 14.9 Å². The molecule has 0 heterocycles. The first-order chi connectivity index (χ1) is 12.2. The van der Waals surface area contributed by atoms with Crippen LogP contribution in [-0.4, -0.2) is 56.1 Å². The Bertz CT molecular complexity index is 554. The summed E-state index contributed by atoms with van der Waals surface area (Å²) in [6, 6.07) is 19.7. The summed E-state index contributed by atoms with van der Waals surface area (Å²) >= 11 is 0. The molecule has 9 heteroatoms. The second kappa shape index (κ2) is 13.1. The molecule has 0 saturated carbocycles. The number of hydrogen-bond acceptors (Lipinski definition) is 6. The minimum absolute atomic E-state index is 0. The van der Waals surface area contributed by atoms with Gasteiger partial charge in [-0.25, -0.2) is 0 Å². The van der Waals surface area contributed by atoms with Gasteiger partial charge in [0.15, 0.2) is 0 Å². The molecule has 6 nitrogen and oxygen atoms in total. The van der Waals surface area contributed by atoms with Gasteiger partial charge in [0.25, 0.3) is 0 Å². The Morgan fingerprint density at radius 2 is 0.852 bits per heavy atom. The van der Waals surface area contributed by atoms with Crippen LogP contribution in [0.2, 0.25) is 0 Å². The van der Waals surface area contributed by atoms with Gasteiger partial charge in [-0.3, -0.25) is 0 Å². The van der Waals surface area contributed by atoms with Gasteiger partial charge in [-0.15, -0.1) is 0 Å². The van der Waals surface area contributed by atoms with Gasteiger partial charge in [-0.05, 0) is 10.4 Å². The first-order valence-corrected chi connectivity index (χ1v) is 12.4. The molecule has 27 heavy (non-hydrogen) atoms. The minimum Gasteiger partial charge on any atom is -0.389 e. The molecule has 0 fully saturated rings. The average Bonchev–Trinajstić information content (AvgIpc) is 2.70.